The molecule has 0 radical (unpaired) electrons. The number of benzene rings is 1. The Kier molecular flexibility index (Phi) is 5.58. The molecule has 0 spiro atoms. The van der Waals surface area contributed by atoms with Crippen LogP contribution in [0.4, 0.5) is 0 Å². The molecular weight excluding hydrogens is 278 g/mol. The predicted molar refractivity (Wildman–Crippen MR) is 86.0 cm³/mol. The molecule has 118 valence electrons. The number of aryl methyl sites for hydroxylation is 4. The van der Waals surface area contributed by atoms with Crippen molar-refractivity contribution in [2.24, 2.45) is 0 Å². The SMILES string of the molecule is Cc1cc(C)n(CCCNC(=O)COc2ccccc2C)n1. The standard InChI is InChI=1S/C17H23N3O2/c1-13-7-4-5-8-16(13)22-12-17(21)18-9-6-10-20-15(3)11-14(2)19-20/h4-5,7-8,11H,6,9-10,12H2,1-3H3,(H,18,21). The quantitative estimate of drug-likeness (QED) is 0.799. The van der Waals surface area contributed by atoms with Crippen LogP contribution in [0.25, 0.3) is 0 Å². The minimum atomic E-state index is -0.100. The van der Waals surface area contributed by atoms with Gasteiger partial charge in [-0.3, -0.25) is 9.48 Å². The summed E-state index contributed by atoms with van der Waals surface area (Å²) < 4.78 is 7.47. The van der Waals surface area contributed by atoms with Crippen LogP contribution in [0.2, 0.25) is 0 Å². The smallest absolute Gasteiger partial charge is 0.257 e. The van der Waals surface area contributed by atoms with Crippen molar-refractivity contribution in [3.8, 4) is 5.75 Å². The van der Waals surface area contributed by atoms with Crippen molar-refractivity contribution in [1.29, 1.82) is 0 Å². The van der Waals surface area contributed by atoms with Crippen LogP contribution >= 0.6 is 0 Å². The molecule has 0 unspecified atom stereocenters. The largest absolute Gasteiger partial charge is 0.484 e. The number of nitrogens with zero attached hydrogens (tertiary/aromatic N) is 2. The Balaban J connectivity index is 1.66. The van der Waals surface area contributed by atoms with Crippen molar-refractivity contribution >= 4 is 5.91 Å². The zero-order valence-electron chi connectivity index (χ0n) is 13.4. The number of nitrogens with one attached hydrogen (secondary N) is 1. The molecule has 5 heteroatoms. The van der Waals surface area contributed by atoms with Crippen LogP contribution in [0.3, 0.4) is 0 Å². The van der Waals surface area contributed by atoms with Crippen LogP contribution in [0.1, 0.15) is 23.4 Å². The highest BCUT2D eigenvalue weighted by Crippen LogP contribution is 2.15. The molecule has 22 heavy (non-hydrogen) atoms. The van der Waals surface area contributed by atoms with E-state index in [0.717, 1.165) is 35.7 Å². The first-order valence-corrected chi connectivity index (χ1v) is 7.52. The third-order valence-corrected chi connectivity index (χ3v) is 3.42. The van der Waals surface area contributed by atoms with Crippen LogP contribution in [0.5, 0.6) is 5.75 Å². The lowest BCUT2D eigenvalue weighted by atomic mass is 10.2. The zero-order chi connectivity index (χ0) is 15.9. The minimum Gasteiger partial charge on any atom is -0.484 e. The third-order valence-electron chi connectivity index (χ3n) is 3.42. The van der Waals surface area contributed by atoms with Gasteiger partial charge in [-0.25, -0.2) is 0 Å². The van der Waals surface area contributed by atoms with Crippen LogP contribution in [0, 0.1) is 20.8 Å². The van der Waals surface area contributed by atoms with E-state index in [0.29, 0.717) is 6.54 Å². The van der Waals surface area contributed by atoms with E-state index in [1.807, 2.05) is 49.7 Å². The maximum Gasteiger partial charge on any atom is 0.257 e. The first kappa shape index (κ1) is 16.1. The van der Waals surface area contributed by atoms with Gasteiger partial charge in [0.25, 0.3) is 5.91 Å². The molecule has 1 amide bonds. The number of ether oxygens (including phenoxy) is 1. The van der Waals surface area contributed by atoms with Crippen molar-refractivity contribution in [3.05, 3.63) is 47.3 Å². The van der Waals surface area contributed by atoms with Gasteiger partial charge in [-0.15, -0.1) is 0 Å². The number of aromatic nitrogens is 2. The van der Waals surface area contributed by atoms with Gasteiger partial charge in [0.1, 0.15) is 5.75 Å². The van der Waals surface area contributed by atoms with Crippen LogP contribution in [-0.2, 0) is 11.3 Å². The molecule has 2 aromatic rings. The first-order valence-electron chi connectivity index (χ1n) is 7.52. The van der Waals surface area contributed by atoms with Gasteiger partial charge in [-0.2, -0.15) is 5.10 Å². The Morgan fingerprint density at radius 2 is 2.05 bits per heavy atom. The number of carbonyl (C=O) groups excluding carboxylic acids is 1. The minimum absolute atomic E-state index is 0.0464. The van der Waals surface area contributed by atoms with Gasteiger partial charge in [-0.05, 0) is 44.9 Å². The lowest BCUT2D eigenvalue weighted by Gasteiger charge is -2.09. The van der Waals surface area contributed by atoms with Crippen molar-refractivity contribution in [2.75, 3.05) is 13.2 Å². The van der Waals surface area contributed by atoms with E-state index in [9.17, 15) is 4.79 Å². The van der Waals surface area contributed by atoms with Crippen molar-refractivity contribution in [3.63, 3.8) is 0 Å². The van der Waals surface area contributed by atoms with Gasteiger partial charge in [0, 0.05) is 18.8 Å². The molecule has 1 aromatic carbocycles. The van der Waals surface area contributed by atoms with Gasteiger partial charge in [-0.1, -0.05) is 18.2 Å². The number of para-hydroxylation sites is 1. The lowest BCUT2D eigenvalue weighted by molar-refractivity contribution is -0.123. The van der Waals surface area contributed by atoms with E-state index in [2.05, 4.69) is 16.5 Å². The molecule has 0 aliphatic rings. The second kappa shape index (κ2) is 7.64. The molecule has 1 heterocycles. The fourth-order valence-electron chi connectivity index (χ4n) is 2.27. The summed E-state index contributed by atoms with van der Waals surface area (Å²) in [7, 11) is 0. The molecule has 0 bridgehead atoms. The van der Waals surface area contributed by atoms with E-state index < -0.39 is 0 Å². The summed E-state index contributed by atoms with van der Waals surface area (Å²) in [5.74, 6) is 0.650. The summed E-state index contributed by atoms with van der Waals surface area (Å²) in [5.41, 5.74) is 3.19. The van der Waals surface area contributed by atoms with Crippen molar-refractivity contribution < 1.29 is 9.53 Å². The van der Waals surface area contributed by atoms with Gasteiger partial charge in [0.2, 0.25) is 0 Å². The van der Waals surface area contributed by atoms with E-state index in [1.165, 1.54) is 0 Å². The predicted octanol–water partition coefficient (Wildman–Crippen LogP) is 2.39. The highest BCUT2D eigenvalue weighted by Gasteiger charge is 2.05. The lowest BCUT2D eigenvalue weighted by Crippen LogP contribution is -2.30. The monoisotopic (exact) mass is 301 g/mol. The number of rotatable bonds is 7. The average molecular weight is 301 g/mol. The van der Waals surface area contributed by atoms with E-state index in [1.54, 1.807) is 0 Å². The van der Waals surface area contributed by atoms with E-state index in [-0.39, 0.29) is 12.5 Å². The summed E-state index contributed by atoms with van der Waals surface area (Å²) in [6.45, 7) is 7.45. The fourth-order valence-corrected chi connectivity index (χ4v) is 2.27. The summed E-state index contributed by atoms with van der Waals surface area (Å²) in [6.07, 6.45) is 0.845. The molecule has 0 aliphatic heterocycles. The summed E-state index contributed by atoms with van der Waals surface area (Å²) in [4.78, 5) is 11.8. The maximum absolute atomic E-state index is 11.8. The Hall–Kier alpha value is -2.30. The van der Waals surface area contributed by atoms with Crippen LogP contribution in [0.15, 0.2) is 30.3 Å². The van der Waals surface area contributed by atoms with E-state index in [4.69, 9.17) is 4.74 Å². The number of hydrogen-bond acceptors (Lipinski definition) is 3. The van der Waals surface area contributed by atoms with Gasteiger partial charge in [0.15, 0.2) is 6.61 Å². The number of carbonyl (C=O) groups is 1. The summed E-state index contributed by atoms with van der Waals surface area (Å²) in [5, 5.41) is 7.26. The zero-order valence-corrected chi connectivity index (χ0v) is 13.4. The highest BCUT2D eigenvalue weighted by atomic mass is 16.5. The molecule has 0 aliphatic carbocycles. The van der Waals surface area contributed by atoms with Gasteiger partial charge < -0.3 is 10.1 Å². The molecule has 0 atom stereocenters. The number of amides is 1. The highest BCUT2D eigenvalue weighted by molar-refractivity contribution is 5.77. The van der Waals surface area contributed by atoms with Gasteiger partial charge >= 0.3 is 0 Å². The fraction of sp³-hybridized carbons (Fsp3) is 0.412. The van der Waals surface area contributed by atoms with Crippen LogP contribution < -0.4 is 10.1 Å². The Labute approximate surface area is 131 Å². The second-order valence-corrected chi connectivity index (χ2v) is 5.41. The van der Waals surface area contributed by atoms with Crippen molar-refractivity contribution in [2.45, 2.75) is 33.7 Å². The summed E-state index contributed by atoms with van der Waals surface area (Å²) >= 11 is 0. The topological polar surface area (TPSA) is 56.2 Å². The molecule has 2 rings (SSSR count). The Morgan fingerprint density at radius 1 is 1.27 bits per heavy atom. The molecule has 0 saturated carbocycles. The Morgan fingerprint density at radius 3 is 2.73 bits per heavy atom. The number of hydrogen-bond donors (Lipinski definition) is 1. The first-order chi connectivity index (χ1) is 10.6. The normalized spacial score (nSPS) is 10.5. The van der Waals surface area contributed by atoms with Gasteiger partial charge in [0.05, 0.1) is 5.69 Å². The maximum atomic E-state index is 11.8. The van der Waals surface area contributed by atoms with Crippen LogP contribution in [-0.4, -0.2) is 28.8 Å². The second-order valence-electron chi connectivity index (χ2n) is 5.41. The molecule has 1 N–H and O–H groups in total. The Bertz CT molecular complexity index is 635. The molecule has 5 nitrogen and oxygen atoms in total. The molecule has 0 fully saturated rings. The third kappa shape index (κ3) is 4.62. The average Bonchev–Trinajstić information content (AvgIpc) is 2.81. The summed E-state index contributed by atoms with van der Waals surface area (Å²) in [6, 6.07) is 9.72. The molecular formula is C17H23N3O2. The molecule has 1 aromatic heterocycles. The van der Waals surface area contributed by atoms with E-state index >= 15 is 0 Å². The molecule has 0 saturated heterocycles. The van der Waals surface area contributed by atoms with Crippen molar-refractivity contribution in [1.82, 2.24) is 15.1 Å².